The summed E-state index contributed by atoms with van der Waals surface area (Å²) in [5, 5.41) is 0. The van der Waals surface area contributed by atoms with Gasteiger partial charge in [0.15, 0.2) is 0 Å². The second-order valence-corrected chi connectivity index (χ2v) is 5.98. The SMILES string of the molecule is COC(=O)c1ccc(N2CC(C)CC(C)C2C)c(N)c1. The fraction of sp³-hybridized carbons (Fsp3) is 0.562. The van der Waals surface area contributed by atoms with Gasteiger partial charge in [-0.1, -0.05) is 13.8 Å². The Morgan fingerprint density at radius 1 is 1.35 bits per heavy atom. The zero-order valence-corrected chi connectivity index (χ0v) is 12.7. The second-order valence-electron chi connectivity index (χ2n) is 5.98. The van der Waals surface area contributed by atoms with Crippen LogP contribution in [-0.4, -0.2) is 25.7 Å². The van der Waals surface area contributed by atoms with Gasteiger partial charge in [-0.05, 0) is 43.4 Å². The van der Waals surface area contributed by atoms with E-state index in [-0.39, 0.29) is 5.97 Å². The Labute approximate surface area is 120 Å². The number of nitrogen functional groups attached to an aromatic ring is 1. The molecule has 1 aliphatic heterocycles. The van der Waals surface area contributed by atoms with E-state index in [9.17, 15) is 4.79 Å². The third-order valence-corrected chi connectivity index (χ3v) is 4.36. The summed E-state index contributed by atoms with van der Waals surface area (Å²) in [7, 11) is 1.38. The number of hydrogen-bond donors (Lipinski definition) is 1. The van der Waals surface area contributed by atoms with Gasteiger partial charge in [-0.2, -0.15) is 0 Å². The maximum atomic E-state index is 11.5. The van der Waals surface area contributed by atoms with Gasteiger partial charge < -0.3 is 15.4 Å². The largest absolute Gasteiger partial charge is 0.465 e. The Balaban J connectivity index is 2.30. The van der Waals surface area contributed by atoms with Gasteiger partial charge in [0.05, 0.1) is 24.0 Å². The highest BCUT2D eigenvalue weighted by Gasteiger charge is 2.29. The first-order valence-electron chi connectivity index (χ1n) is 7.18. The van der Waals surface area contributed by atoms with E-state index in [1.165, 1.54) is 13.5 Å². The molecule has 1 aromatic carbocycles. The maximum Gasteiger partial charge on any atom is 0.337 e. The molecule has 0 aromatic heterocycles. The van der Waals surface area contributed by atoms with Crippen LogP contribution in [0, 0.1) is 11.8 Å². The average molecular weight is 276 g/mol. The Kier molecular flexibility index (Phi) is 4.21. The molecule has 2 rings (SSSR count). The highest BCUT2D eigenvalue weighted by molar-refractivity contribution is 5.92. The third-order valence-electron chi connectivity index (χ3n) is 4.36. The number of carbonyl (C=O) groups excluding carboxylic acids is 1. The molecule has 0 amide bonds. The van der Waals surface area contributed by atoms with Gasteiger partial charge in [0.2, 0.25) is 0 Å². The van der Waals surface area contributed by atoms with Gasteiger partial charge >= 0.3 is 5.97 Å². The molecule has 0 bridgehead atoms. The number of piperidine rings is 1. The van der Waals surface area contributed by atoms with Gasteiger partial charge in [0, 0.05) is 12.6 Å². The van der Waals surface area contributed by atoms with Crippen LogP contribution in [0.5, 0.6) is 0 Å². The molecule has 0 saturated carbocycles. The van der Waals surface area contributed by atoms with Crippen LogP contribution in [0.25, 0.3) is 0 Å². The molecule has 1 fully saturated rings. The summed E-state index contributed by atoms with van der Waals surface area (Å²) in [6, 6.07) is 5.88. The number of methoxy groups -OCH3 is 1. The zero-order chi connectivity index (χ0) is 14.9. The first-order valence-corrected chi connectivity index (χ1v) is 7.18. The van der Waals surface area contributed by atoms with E-state index in [1.807, 2.05) is 6.07 Å². The van der Waals surface area contributed by atoms with Crippen molar-refractivity contribution < 1.29 is 9.53 Å². The van der Waals surface area contributed by atoms with Crippen LogP contribution in [0.4, 0.5) is 11.4 Å². The quantitative estimate of drug-likeness (QED) is 0.666. The highest BCUT2D eigenvalue weighted by Crippen LogP contribution is 2.34. The average Bonchev–Trinajstić information content (AvgIpc) is 2.42. The number of nitrogens with two attached hydrogens (primary N) is 1. The lowest BCUT2D eigenvalue weighted by molar-refractivity contribution is 0.0601. The maximum absolute atomic E-state index is 11.5. The molecule has 0 spiro atoms. The van der Waals surface area contributed by atoms with Crippen LogP contribution < -0.4 is 10.6 Å². The molecule has 110 valence electrons. The minimum absolute atomic E-state index is 0.350. The lowest BCUT2D eigenvalue weighted by Gasteiger charge is -2.43. The van der Waals surface area contributed by atoms with Crippen molar-refractivity contribution in [1.29, 1.82) is 0 Å². The molecule has 0 aliphatic carbocycles. The van der Waals surface area contributed by atoms with Crippen molar-refractivity contribution in [2.24, 2.45) is 11.8 Å². The van der Waals surface area contributed by atoms with E-state index in [2.05, 4.69) is 25.7 Å². The molecule has 3 atom stereocenters. The molecule has 1 aliphatic rings. The minimum Gasteiger partial charge on any atom is -0.465 e. The summed E-state index contributed by atoms with van der Waals surface area (Å²) in [6.07, 6.45) is 1.25. The minimum atomic E-state index is -0.350. The second kappa shape index (κ2) is 5.73. The molecule has 3 unspecified atom stereocenters. The summed E-state index contributed by atoms with van der Waals surface area (Å²) in [5.74, 6) is 0.941. The number of nitrogens with zero attached hydrogens (tertiary/aromatic N) is 1. The van der Waals surface area contributed by atoms with Crippen LogP contribution in [0.2, 0.25) is 0 Å². The van der Waals surface area contributed by atoms with Crippen LogP contribution in [-0.2, 0) is 4.74 Å². The highest BCUT2D eigenvalue weighted by atomic mass is 16.5. The van der Waals surface area contributed by atoms with Crippen molar-refractivity contribution >= 4 is 17.3 Å². The topological polar surface area (TPSA) is 55.6 Å². The lowest BCUT2D eigenvalue weighted by Crippen LogP contribution is -2.46. The number of hydrogen-bond acceptors (Lipinski definition) is 4. The third kappa shape index (κ3) is 2.74. The zero-order valence-electron chi connectivity index (χ0n) is 12.7. The molecule has 4 heteroatoms. The first-order chi connectivity index (χ1) is 9.43. The molecule has 20 heavy (non-hydrogen) atoms. The Hall–Kier alpha value is -1.71. The molecule has 0 radical (unpaired) electrons. The first kappa shape index (κ1) is 14.7. The lowest BCUT2D eigenvalue weighted by atomic mass is 9.85. The normalized spacial score (nSPS) is 26.4. The standard InChI is InChI=1S/C16H24N2O2/c1-10-7-11(2)12(3)18(9-10)15-6-5-13(8-14(15)17)16(19)20-4/h5-6,8,10-12H,7,9,17H2,1-4H3. The fourth-order valence-electron chi connectivity index (χ4n) is 3.09. The Morgan fingerprint density at radius 2 is 2.05 bits per heavy atom. The van der Waals surface area contributed by atoms with E-state index >= 15 is 0 Å². The molecule has 1 saturated heterocycles. The van der Waals surface area contributed by atoms with E-state index in [0.717, 1.165) is 12.2 Å². The van der Waals surface area contributed by atoms with Crippen LogP contribution in [0.3, 0.4) is 0 Å². The summed E-state index contributed by atoms with van der Waals surface area (Å²) in [6.45, 7) is 7.80. The van der Waals surface area contributed by atoms with Crippen molar-refractivity contribution in [3.63, 3.8) is 0 Å². The van der Waals surface area contributed by atoms with Gasteiger partial charge in [-0.3, -0.25) is 0 Å². The molecule has 2 N–H and O–H groups in total. The van der Waals surface area contributed by atoms with Crippen molar-refractivity contribution in [3.05, 3.63) is 23.8 Å². The van der Waals surface area contributed by atoms with Crippen molar-refractivity contribution in [1.82, 2.24) is 0 Å². The van der Waals surface area contributed by atoms with Crippen molar-refractivity contribution in [3.8, 4) is 0 Å². The van der Waals surface area contributed by atoms with Gasteiger partial charge in [0.25, 0.3) is 0 Å². The predicted octanol–water partition coefficient (Wildman–Crippen LogP) is 2.93. The number of benzene rings is 1. The monoisotopic (exact) mass is 276 g/mol. The van der Waals surface area contributed by atoms with E-state index in [1.54, 1.807) is 12.1 Å². The predicted molar refractivity (Wildman–Crippen MR) is 81.9 cm³/mol. The Morgan fingerprint density at radius 3 is 2.65 bits per heavy atom. The fourth-order valence-corrected chi connectivity index (χ4v) is 3.09. The van der Waals surface area contributed by atoms with Crippen molar-refractivity contribution in [2.45, 2.75) is 33.2 Å². The summed E-state index contributed by atoms with van der Waals surface area (Å²) < 4.78 is 4.72. The number of carbonyl (C=O) groups is 1. The molecule has 1 aromatic rings. The summed E-state index contributed by atoms with van der Waals surface area (Å²) in [4.78, 5) is 13.9. The van der Waals surface area contributed by atoms with Crippen LogP contribution in [0.1, 0.15) is 37.6 Å². The van der Waals surface area contributed by atoms with Gasteiger partial charge in [0.1, 0.15) is 0 Å². The molecular weight excluding hydrogens is 252 g/mol. The number of rotatable bonds is 2. The van der Waals surface area contributed by atoms with Crippen LogP contribution >= 0.6 is 0 Å². The smallest absolute Gasteiger partial charge is 0.337 e. The Bertz CT molecular complexity index is 501. The molecular formula is C16H24N2O2. The summed E-state index contributed by atoms with van der Waals surface area (Å²) in [5.41, 5.74) is 8.30. The summed E-state index contributed by atoms with van der Waals surface area (Å²) >= 11 is 0. The van der Waals surface area contributed by atoms with Gasteiger partial charge in [-0.15, -0.1) is 0 Å². The van der Waals surface area contributed by atoms with Crippen molar-refractivity contribution in [2.75, 3.05) is 24.3 Å². The van der Waals surface area contributed by atoms with E-state index in [4.69, 9.17) is 10.5 Å². The van der Waals surface area contributed by atoms with Gasteiger partial charge in [-0.25, -0.2) is 4.79 Å². The number of ether oxygens (including phenoxy) is 1. The number of esters is 1. The van der Waals surface area contributed by atoms with Crippen LogP contribution in [0.15, 0.2) is 18.2 Å². The molecule has 4 nitrogen and oxygen atoms in total. The number of anilines is 2. The molecule has 1 heterocycles. The van der Waals surface area contributed by atoms with E-state index in [0.29, 0.717) is 29.1 Å². The van der Waals surface area contributed by atoms with E-state index < -0.39 is 0 Å².